The Balaban J connectivity index is 2.23. The summed E-state index contributed by atoms with van der Waals surface area (Å²) in [5, 5.41) is 0.232. The molecule has 1 aliphatic rings. The molecule has 2 rings (SSSR count). The molecule has 1 aromatic rings. The van der Waals surface area contributed by atoms with Crippen molar-refractivity contribution in [1.82, 2.24) is 5.43 Å². The number of hydrogen-bond donors (Lipinski definition) is 2. The van der Waals surface area contributed by atoms with Crippen LogP contribution in [0.1, 0.15) is 51.5 Å². The van der Waals surface area contributed by atoms with Gasteiger partial charge in [-0.3, -0.25) is 11.3 Å². The van der Waals surface area contributed by atoms with E-state index in [1.54, 1.807) is 6.07 Å². The predicted octanol–water partition coefficient (Wildman–Crippen LogP) is 4.46. The molecule has 2 nitrogen and oxygen atoms in total. The van der Waals surface area contributed by atoms with Crippen molar-refractivity contribution >= 4 is 11.6 Å². The van der Waals surface area contributed by atoms with E-state index >= 15 is 0 Å². The third-order valence-corrected chi connectivity index (χ3v) is 5.23. The minimum atomic E-state index is -0.353. The number of halogens is 2. The molecule has 1 aromatic carbocycles. The maximum absolute atomic E-state index is 13.6. The summed E-state index contributed by atoms with van der Waals surface area (Å²) >= 11 is 6.11. The summed E-state index contributed by atoms with van der Waals surface area (Å²) in [6.07, 6.45) is 6.71. The summed E-state index contributed by atoms with van der Waals surface area (Å²) in [6, 6.07) is 5.15. The van der Waals surface area contributed by atoms with E-state index in [-0.39, 0.29) is 22.3 Å². The molecule has 1 saturated carbocycles. The first kappa shape index (κ1) is 16.7. The largest absolute Gasteiger partial charge is 0.271 e. The molecule has 3 N–H and O–H groups in total. The van der Waals surface area contributed by atoms with Crippen LogP contribution in [0, 0.1) is 17.2 Å². The number of nitrogens with one attached hydrogen (secondary N) is 1. The van der Waals surface area contributed by atoms with Crippen LogP contribution in [0.4, 0.5) is 4.39 Å². The van der Waals surface area contributed by atoms with Gasteiger partial charge in [-0.05, 0) is 48.6 Å². The van der Waals surface area contributed by atoms with E-state index in [1.807, 2.05) is 6.07 Å². The first-order chi connectivity index (χ1) is 9.98. The van der Waals surface area contributed by atoms with Crippen molar-refractivity contribution in [2.45, 2.75) is 58.4 Å². The summed E-state index contributed by atoms with van der Waals surface area (Å²) in [5.74, 6) is 6.14. The molecule has 118 valence electrons. The molecule has 0 bridgehead atoms. The lowest BCUT2D eigenvalue weighted by molar-refractivity contribution is 0.154. The lowest BCUT2D eigenvalue weighted by Crippen LogP contribution is -2.49. The second kappa shape index (κ2) is 7.08. The smallest absolute Gasteiger partial charge is 0.142 e. The number of hydrogen-bond acceptors (Lipinski definition) is 2. The molecule has 0 amide bonds. The average molecular weight is 313 g/mol. The highest BCUT2D eigenvalue weighted by molar-refractivity contribution is 6.31. The summed E-state index contributed by atoms with van der Waals surface area (Å²) in [5.41, 5.74) is 4.05. The topological polar surface area (TPSA) is 38.0 Å². The van der Waals surface area contributed by atoms with Crippen molar-refractivity contribution in [2.24, 2.45) is 17.2 Å². The monoisotopic (exact) mass is 312 g/mol. The maximum atomic E-state index is 13.6. The molecule has 0 aromatic heterocycles. The van der Waals surface area contributed by atoms with Crippen molar-refractivity contribution in [1.29, 1.82) is 0 Å². The number of benzene rings is 1. The second-order valence-corrected chi connectivity index (χ2v) is 7.18. The first-order valence-corrected chi connectivity index (χ1v) is 8.25. The molecule has 1 fully saturated rings. The Morgan fingerprint density at radius 1 is 1.33 bits per heavy atom. The molecule has 21 heavy (non-hydrogen) atoms. The SMILES string of the molecule is CC(C)CC1(C(Cc2cccc(F)c2Cl)NN)CCCC1. The van der Waals surface area contributed by atoms with Gasteiger partial charge in [-0.25, -0.2) is 4.39 Å². The molecule has 0 aliphatic heterocycles. The lowest BCUT2D eigenvalue weighted by atomic mass is 9.71. The normalized spacial score (nSPS) is 19.1. The van der Waals surface area contributed by atoms with Crippen molar-refractivity contribution < 1.29 is 4.39 Å². The molecule has 0 heterocycles. The molecule has 1 unspecified atom stereocenters. The van der Waals surface area contributed by atoms with Crippen molar-refractivity contribution in [3.05, 3.63) is 34.6 Å². The van der Waals surface area contributed by atoms with E-state index in [9.17, 15) is 4.39 Å². The van der Waals surface area contributed by atoms with Crippen LogP contribution in [-0.2, 0) is 6.42 Å². The van der Waals surface area contributed by atoms with Gasteiger partial charge in [0.2, 0.25) is 0 Å². The summed E-state index contributed by atoms with van der Waals surface area (Å²) in [4.78, 5) is 0. The Hall–Kier alpha value is -0.640. The van der Waals surface area contributed by atoms with Gasteiger partial charge in [-0.2, -0.15) is 0 Å². The zero-order chi connectivity index (χ0) is 15.5. The van der Waals surface area contributed by atoms with Gasteiger partial charge in [0.05, 0.1) is 5.02 Å². The third kappa shape index (κ3) is 3.77. The van der Waals surface area contributed by atoms with Crippen LogP contribution < -0.4 is 11.3 Å². The van der Waals surface area contributed by atoms with Gasteiger partial charge in [0.15, 0.2) is 0 Å². The van der Waals surface area contributed by atoms with E-state index in [0.29, 0.717) is 12.3 Å². The summed E-state index contributed by atoms with van der Waals surface area (Å²) in [6.45, 7) is 4.51. The van der Waals surface area contributed by atoms with Gasteiger partial charge in [-0.15, -0.1) is 0 Å². The van der Waals surface area contributed by atoms with E-state index in [2.05, 4.69) is 19.3 Å². The van der Waals surface area contributed by atoms with E-state index < -0.39 is 0 Å². The number of hydrazine groups is 1. The van der Waals surface area contributed by atoms with Crippen LogP contribution in [-0.4, -0.2) is 6.04 Å². The van der Waals surface area contributed by atoms with Gasteiger partial charge < -0.3 is 0 Å². The highest BCUT2D eigenvalue weighted by Crippen LogP contribution is 2.46. The van der Waals surface area contributed by atoms with Gasteiger partial charge in [0.25, 0.3) is 0 Å². The third-order valence-electron chi connectivity index (χ3n) is 4.81. The van der Waals surface area contributed by atoms with Crippen LogP contribution in [0.25, 0.3) is 0 Å². The Kier molecular flexibility index (Phi) is 5.64. The van der Waals surface area contributed by atoms with E-state index in [0.717, 1.165) is 12.0 Å². The highest BCUT2D eigenvalue weighted by atomic mass is 35.5. The first-order valence-electron chi connectivity index (χ1n) is 7.87. The minimum Gasteiger partial charge on any atom is -0.271 e. The fourth-order valence-electron chi connectivity index (χ4n) is 3.97. The zero-order valence-electron chi connectivity index (χ0n) is 13.0. The van der Waals surface area contributed by atoms with Crippen molar-refractivity contribution in [2.75, 3.05) is 0 Å². The molecule has 4 heteroatoms. The van der Waals surface area contributed by atoms with E-state index in [4.69, 9.17) is 17.4 Å². The Morgan fingerprint density at radius 2 is 2.00 bits per heavy atom. The molecule has 0 spiro atoms. The molecular weight excluding hydrogens is 287 g/mol. The predicted molar refractivity (Wildman–Crippen MR) is 86.6 cm³/mol. The molecule has 0 saturated heterocycles. The zero-order valence-corrected chi connectivity index (χ0v) is 13.7. The van der Waals surface area contributed by atoms with Crippen molar-refractivity contribution in [3.8, 4) is 0 Å². The van der Waals surface area contributed by atoms with Crippen LogP contribution >= 0.6 is 11.6 Å². The summed E-state index contributed by atoms with van der Waals surface area (Å²) < 4.78 is 13.6. The van der Waals surface area contributed by atoms with Crippen LogP contribution in [0.3, 0.4) is 0 Å². The average Bonchev–Trinajstić information content (AvgIpc) is 2.89. The molecular formula is C17H26ClFN2. The Morgan fingerprint density at radius 3 is 2.57 bits per heavy atom. The maximum Gasteiger partial charge on any atom is 0.142 e. The fraction of sp³-hybridized carbons (Fsp3) is 0.647. The van der Waals surface area contributed by atoms with E-state index in [1.165, 1.54) is 31.7 Å². The second-order valence-electron chi connectivity index (χ2n) is 6.80. The van der Waals surface area contributed by atoms with Gasteiger partial charge in [0, 0.05) is 6.04 Å². The highest BCUT2D eigenvalue weighted by Gasteiger charge is 2.41. The summed E-state index contributed by atoms with van der Waals surface area (Å²) in [7, 11) is 0. The van der Waals surface area contributed by atoms with Crippen LogP contribution in [0.5, 0.6) is 0 Å². The number of nitrogens with two attached hydrogens (primary N) is 1. The Labute approximate surface area is 132 Å². The fourth-order valence-corrected chi connectivity index (χ4v) is 4.17. The molecule has 1 atom stereocenters. The van der Waals surface area contributed by atoms with Gasteiger partial charge in [0.1, 0.15) is 5.82 Å². The van der Waals surface area contributed by atoms with Crippen LogP contribution in [0.15, 0.2) is 18.2 Å². The van der Waals surface area contributed by atoms with Gasteiger partial charge in [-0.1, -0.05) is 50.4 Å². The minimum absolute atomic E-state index is 0.140. The van der Waals surface area contributed by atoms with Crippen LogP contribution in [0.2, 0.25) is 5.02 Å². The molecule has 0 radical (unpaired) electrons. The Bertz CT molecular complexity index is 470. The van der Waals surface area contributed by atoms with Gasteiger partial charge >= 0.3 is 0 Å². The molecule has 1 aliphatic carbocycles. The quantitative estimate of drug-likeness (QED) is 0.601. The van der Waals surface area contributed by atoms with Crippen molar-refractivity contribution in [3.63, 3.8) is 0 Å². The number of rotatable bonds is 6. The standard InChI is InChI=1S/C17H26ClFN2/c1-12(2)11-17(8-3-4-9-17)15(21-20)10-13-6-5-7-14(19)16(13)18/h5-7,12,15,21H,3-4,8-11,20H2,1-2H3. The lowest BCUT2D eigenvalue weighted by Gasteiger charge is -2.39.